The number of rotatable bonds is 7. The Hall–Kier alpha value is -1.69. The molecule has 2 fully saturated rings. The monoisotopic (exact) mass is 558 g/mol. The van der Waals surface area contributed by atoms with Crippen LogP contribution in [0.25, 0.3) is 0 Å². The van der Waals surface area contributed by atoms with Gasteiger partial charge in [-0.3, -0.25) is 14.7 Å². The van der Waals surface area contributed by atoms with Crippen molar-refractivity contribution < 1.29 is 4.79 Å². The first kappa shape index (κ1) is 26.6. The molecule has 3 heterocycles. The maximum Gasteiger partial charge on any atom is 0.225 e. The first-order valence-corrected chi connectivity index (χ1v) is 11.5. The second kappa shape index (κ2) is 13.1. The molecule has 9 nitrogen and oxygen atoms in total. The first-order chi connectivity index (χ1) is 15.0. The zero-order valence-corrected chi connectivity index (χ0v) is 22.0. The van der Waals surface area contributed by atoms with Crippen molar-refractivity contribution in [1.82, 2.24) is 30.4 Å². The Kier molecular flexibility index (Phi) is 10.9. The van der Waals surface area contributed by atoms with Crippen molar-refractivity contribution in [3.05, 3.63) is 18.5 Å². The van der Waals surface area contributed by atoms with Gasteiger partial charge in [0.2, 0.25) is 11.9 Å². The van der Waals surface area contributed by atoms with Crippen LogP contribution in [0.1, 0.15) is 39.5 Å². The van der Waals surface area contributed by atoms with Gasteiger partial charge in [-0.1, -0.05) is 6.42 Å². The van der Waals surface area contributed by atoms with Crippen LogP contribution in [0, 0.1) is 0 Å². The van der Waals surface area contributed by atoms with Gasteiger partial charge in [0.25, 0.3) is 0 Å². The molecule has 0 unspecified atom stereocenters. The van der Waals surface area contributed by atoms with Crippen LogP contribution in [-0.2, 0) is 4.79 Å². The van der Waals surface area contributed by atoms with Gasteiger partial charge in [0, 0.05) is 70.7 Å². The van der Waals surface area contributed by atoms with E-state index in [4.69, 9.17) is 0 Å². The third-order valence-corrected chi connectivity index (χ3v) is 6.22. The third kappa shape index (κ3) is 7.72. The number of amides is 1. The molecular formula is C22H39IN8O. The fraction of sp³-hybridized carbons (Fsp3) is 0.727. The molecule has 2 saturated heterocycles. The average Bonchev–Trinajstić information content (AvgIpc) is 2.82. The number of aliphatic imine (C=N–C) groups is 1. The van der Waals surface area contributed by atoms with Crippen LogP contribution in [0.5, 0.6) is 0 Å². The lowest BCUT2D eigenvalue weighted by atomic mass is 9.98. The van der Waals surface area contributed by atoms with Crippen LogP contribution in [0.4, 0.5) is 5.95 Å². The minimum Gasteiger partial charge on any atom is -0.356 e. The number of nitrogens with one attached hydrogen (secondary N) is 2. The van der Waals surface area contributed by atoms with E-state index in [1.165, 1.54) is 32.4 Å². The Labute approximate surface area is 209 Å². The Balaban J connectivity index is 0.00000363. The number of likely N-dealkylation sites (tertiary alicyclic amines) is 1. The molecule has 2 N–H and O–H groups in total. The van der Waals surface area contributed by atoms with Crippen molar-refractivity contribution in [3.63, 3.8) is 0 Å². The molecule has 0 radical (unpaired) electrons. The zero-order valence-electron chi connectivity index (χ0n) is 19.7. The highest BCUT2D eigenvalue weighted by Gasteiger charge is 2.28. The summed E-state index contributed by atoms with van der Waals surface area (Å²) in [7, 11) is 1.77. The van der Waals surface area contributed by atoms with Gasteiger partial charge >= 0.3 is 0 Å². The number of nitrogens with zero attached hydrogens (tertiary/aromatic N) is 6. The van der Waals surface area contributed by atoms with E-state index in [9.17, 15) is 4.79 Å². The number of hydrogen-bond acceptors (Lipinski definition) is 6. The Morgan fingerprint density at radius 3 is 2.31 bits per heavy atom. The second-order valence-electron chi connectivity index (χ2n) is 8.88. The molecule has 2 aliphatic rings. The smallest absolute Gasteiger partial charge is 0.225 e. The number of piperidine rings is 1. The molecule has 0 aromatic carbocycles. The van der Waals surface area contributed by atoms with Crippen LogP contribution in [0.15, 0.2) is 23.5 Å². The highest BCUT2D eigenvalue weighted by atomic mass is 127. The van der Waals surface area contributed by atoms with Crippen LogP contribution < -0.4 is 15.5 Å². The molecule has 3 rings (SSSR count). The van der Waals surface area contributed by atoms with E-state index in [1.807, 2.05) is 11.0 Å². The summed E-state index contributed by atoms with van der Waals surface area (Å²) in [6.07, 6.45) is 7.86. The predicted octanol–water partition coefficient (Wildman–Crippen LogP) is 1.56. The van der Waals surface area contributed by atoms with E-state index in [0.717, 1.165) is 31.5 Å². The summed E-state index contributed by atoms with van der Waals surface area (Å²) in [6, 6.07) is 1.81. The van der Waals surface area contributed by atoms with Crippen LogP contribution in [0.2, 0.25) is 0 Å². The largest absolute Gasteiger partial charge is 0.356 e. The number of carbonyl (C=O) groups excluding carboxylic acids is 1. The van der Waals surface area contributed by atoms with Crippen molar-refractivity contribution in [2.45, 2.75) is 45.1 Å². The van der Waals surface area contributed by atoms with Gasteiger partial charge in [0.1, 0.15) is 0 Å². The van der Waals surface area contributed by atoms with E-state index in [2.05, 4.69) is 49.2 Å². The Bertz CT molecular complexity index is 716. The molecule has 0 spiro atoms. The molecule has 10 heteroatoms. The summed E-state index contributed by atoms with van der Waals surface area (Å²) in [5.74, 6) is 1.66. The van der Waals surface area contributed by atoms with Crippen LogP contribution in [0.3, 0.4) is 0 Å². The van der Waals surface area contributed by atoms with Gasteiger partial charge in [0.15, 0.2) is 5.96 Å². The molecule has 0 saturated carbocycles. The topological polar surface area (TPSA) is 89.0 Å². The Morgan fingerprint density at radius 2 is 1.69 bits per heavy atom. The van der Waals surface area contributed by atoms with E-state index in [1.54, 1.807) is 19.4 Å². The van der Waals surface area contributed by atoms with Gasteiger partial charge in [-0.05, 0) is 45.8 Å². The van der Waals surface area contributed by atoms with Crippen molar-refractivity contribution in [1.29, 1.82) is 0 Å². The fourth-order valence-electron chi connectivity index (χ4n) is 4.19. The number of piperazine rings is 1. The molecule has 0 atom stereocenters. The minimum absolute atomic E-state index is 0. The maximum atomic E-state index is 12.6. The predicted molar refractivity (Wildman–Crippen MR) is 140 cm³/mol. The van der Waals surface area contributed by atoms with Crippen molar-refractivity contribution in [3.8, 4) is 0 Å². The molecule has 0 bridgehead atoms. The van der Waals surface area contributed by atoms with Crippen molar-refractivity contribution >= 4 is 41.8 Å². The van der Waals surface area contributed by atoms with Gasteiger partial charge in [-0.25, -0.2) is 9.97 Å². The van der Waals surface area contributed by atoms with E-state index in [-0.39, 0.29) is 35.4 Å². The number of hydrogen-bond donors (Lipinski definition) is 2. The summed E-state index contributed by atoms with van der Waals surface area (Å²) in [5.41, 5.74) is 0.0794. The van der Waals surface area contributed by atoms with Crippen molar-refractivity contribution in [2.75, 3.05) is 64.3 Å². The molecule has 1 aromatic heterocycles. The molecule has 1 aromatic rings. The molecule has 0 aliphatic carbocycles. The fourth-order valence-corrected chi connectivity index (χ4v) is 4.19. The number of guanidine groups is 1. The second-order valence-corrected chi connectivity index (χ2v) is 8.88. The van der Waals surface area contributed by atoms with Gasteiger partial charge in [0.05, 0.1) is 0 Å². The van der Waals surface area contributed by atoms with Gasteiger partial charge in [-0.2, -0.15) is 0 Å². The molecule has 1 amide bonds. The average molecular weight is 559 g/mol. The third-order valence-electron chi connectivity index (χ3n) is 6.22. The quantitative estimate of drug-likeness (QED) is 0.299. The lowest BCUT2D eigenvalue weighted by Crippen LogP contribution is -2.55. The first-order valence-electron chi connectivity index (χ1n) is 11.5. The highest BCUT2D eigenvalue weighted by molar-refractivity contribution is 14.0. The van der Waals surface area contributed by atoms with E-state index >= 15 is 0 Å². The lowest BCUT2D eigenvalue weighted by Gasteiger charge is -2.41. The van der Waals surface area contributed by atoms with Gasteiger partial charge < -0.3 is 20.4 Å². The standard InChI is InChI=1S/C22H38N8O.HI/c1-22(2,30-12-5-4-6-13-30)18-27-20(23-3)24-11-8-19(31)28-14-16-29(17-15-28)21-25-9-7-10-26-21;/h7,9-10H,4-6,8,11-18H2,1-3H3,(H2,23,24,27);1H. The number of aromatic nitrogens is 2. The molecule has 32 heavy (non-hydrogen) atoms. The molecule has 180 valence electrons. The summed E-state index contributed by atoms with van der Waals surface area (Å²) >= 11 is 0. The van der Waals surface area contributed by atoms with Crippen molar-refractivity contribution in [2.24, 2.45) is 4.99 Å². The normalized spacial score (nSPS) is 18.2. The summed E-state index contributed by atoms with van der Waals surface area (Å²) in [5, 5.41) is 6.73. The number of anilines is 1. The minimum atomic E-state index is 0. The van der Waals surface area contributed by atoms with E-state index < -0.39 is 0 Å². The lowest BCUT2D eigenvalue weighted by molar-refractivity contribution is -0.131. The maximum absolute atomic E-state index is 12.6. The van der Waals surface area contributed by atoms with Crippen LogP contribution >= 0.6 is 24.0 Å². The zero-order chi connectivity index (χ0) is 22.1. The summed E-state index contributed by atoms with van der Waals surface area (Å²) < 4.78 is 0. The molecule has 2 aliphatic heterocycles. The van der Waals surface area contributed by atoms with Gasteiger partial charge in [-0.15, -0.1) is 24.0 Å². The highest BCUT2D eigenvalue weighted by Crippen LogP contribution is 2.19. The van der Waals surface area contributed by atoms with E-state index in [0.29, 0.717) is 26.1 Å². The summed E-state index contributed by atoms with van der Waals surface area (Å²) in [6.45, 7) is 11.2. The SMILES string of the molecule is CN=C(NCCC(=O)N1CCN(c2ncccn2)CC1)NCC(C)(C)N1CCCCC1.I. The van der Waals surface area contributed by atoms with Crippen LogP contribution in [-0.4, -0.2) is 96.6 Å². The number of halogens is 1. The Morgan fingerprint density at radius 1 is 1.03 bits per heavy atom. The number of carbonyl (C=O) groups is 1. The summed E-state index contributed by atoms with van der Waals surface area (Å²) in [4.78, 5) is 32.1. The molecular weight excluding hydrogens is 519 g/mol.